The maximum atomic E-state index is 6.07. The average molecular weight is 310 g/mol. The summed E-state index contributed by atoms with van der Waals surface area (Å²) >= 11 is 6.07. The Labute approximate surface area is 127 Å². The minimum Gasteiger partial charge on any atom is -0.495 e. The number of nitrogens with one attached hydrogen (secondary N) is 1. The predicted octanol–water partition coefficient (Wildman–Crippen LogP) is 2.57. The highest BCUT2D eigenvalue weighted by Crippen LogP contribution is 2.32. The maximum absolute atomic E-state index is 6.07. The molecule has 1 aromatic heterocycles. The van der Waals surface area contributed by atoms with E-state index in [4.69, 9.17) is 26.8 Å². The lowest BCUT2D eigenvalue weighted by Crippen LogP contribution is -2.07. The van der Waals surface area contributed by atoms with Gasteiger partial charge in [-0.05, 0) is 25.5 Å². The van der Waals surface area contributed by atoms with Crippen LogP contribution in [0.3, 0.4) is 0 Å². The quantitative estimate of drug-likeness (QED) is 0.876. The number of aryl methyl sites for hydroxylation is 1. The smallest absolute Gasteiger partial charge is 0.323 e. The van der Waals surface area contributed by atoms with Crippen LogP contribution in [-0.4, -0.2) is 28.7 Å². The van der Waals surface area contributed by atoms with E-state index in [1.54, 1.807) is 13.2 Å². The Morgan fingerprint density at radius 1 is 1.29 bits per heavy atom. The van der Waals surface area contributed by atoms with Crippen molar-refractivity contribution in [2.45, 2.75) is 13.8 Å². The van der Waals surface area contributed by atoms with E-state index in [-0.39, 0.29) is 17.9 Å². The second-order valence-electron chi connectivity index (χ2n) is 4.16. The van der Waals surface area contributed by atoms with E-state index in [0.29, 0.717) is 23.1 Å². The lowest BCUT2D eigenvalue weighted by molar-refractivity contribution is 0.312. The summed E-state index contributed by atoms with van der Waals surface area (Å²) < 4.78 is 10.5. The van der Waals surface area contributed by atoms with E-state index in [2.05, 4.69) is 20.3 Å². The highest BCUT2D eigenvalue weighted by atomic mass is 35.5. The van der Waals surface area contributed by atoms with Crippen LogP contribution in [0.15, 0.2) is 12.1 Å². The molecule has 1 heterocycles. The van der Waals surface area contributed by atoms with Gasteiger partial charge < -0.3 is 20.5 Å². The van der Waals surface area contributed by atoms with E-state index >= 15 is 0 Å². The van der Waals surface area contributed by atoms with Gasteiger partial charge >= 0.3 is 6.01 Å². The molecule has 3 N–H and O–H groups in total. The fraction of sp³-hybridized carbons (Fsp3) is 0.308. The lowest BCUT2D eigenvalue weighted by atomic mass is 10.2. The zero-order valence-corrected chi connectivity index (χ0v) is 12.7. The number of hydrogen-bond donors (Lipinski definition) is 2. The van der Waals surface area contributed by atoms with Gasteiger partial charge in [0.15, 0.2) is 0 Å². The molecule has 0 saturated heterocycles. The van der Waals surface area contributed by atoms with Gasteiger partial charge in [-0.25, -0.2) is 0 Å². The zero-order chi connectivity index (χ0) is 15.4. The van der Waals surface area contributed by atoms with Crippen LogP contribution in [0.2, 0.25) is 5.02 Å². The van der Waals surface area contributed by atoms with Crippen molar-refractivity contribution in [2.24, 2.45) is 0 Å². The van der Waals surface area contributed by atoms with Gasteiger partial charge in [0.05, 0.1) is 19.4 Å². The fourth-order valence-electron chi connectivity index (χ4n) is 1.67. The molecular formula is C13H16ClN5O2. The van der Waals surface area contributed by atoms with Crippen LogP contribution in [-0.2, 0) is 0 Å². The van der Waals surface area contributed by atoms with Crippen LogP contribution in [0.25, 0.3) is 0 Å². The van der Waals surface area contributed by atoms with Crippen LogP contribution < -0.4 is 20.5 Å². The normalized spacial score (nSPS) is 10.3. The van der Waals surface area contributed by atoms with Crippen LogP contribution >= 0.6 is 11.6 Å². The summed E-state index contributed by atoms with van der Waals surface area (Å²) in [6.45, 7) is 4.16. The Morgan fingerprint density at radius 3 is 2.71 bits per heavy atom. The Morgan fingerprint density at radius 2 is 2.05 bits per heavy atom. The van der Waals surface area contributed by atoms with Crippen molar-refractivity contribution in [3.63, 3.8) is 0 Å². The Balaban J connectivity index is 2.35. The van der Waals surface area contributed by atoms with Crippen molar-refractivity contribution in [2.75, 3.05) is 24.8 Å². The molecule has 112 valence electrons. The van der Waals surface area contributed by atoms with Crippen LogP contribution in [0, 0.1) is 6.92 Å². The Hall–Kier alpha value is -2.28. The van der Waals surface area contributed by atoms with Crippen LogP contribution in [0.1, 0.15) is 12.5 Å². The molecule has 21 heavy (non-hydrogen) atoms. The lowest BCUT2D eigenvalue weighted by Gasteiger charge is -2.12. The number of nitrogens with two attached hydrogens (primary N) is 1. The number of ether oxygens (including phenoxy) is 2. The van der Waals surface area contributed by atoms with Gasteiger partial charge in [-0.1, -0.05) is 11.6 Å². The summed E-state index contributed by atoms with van der Waals surface area (Å²) in [6.07, 6.45) is 0. The van der Waals surface area contributed by atoms with Crippen LogP contribution in [0.4, 0.5) is 17.6 Å². The minimum atomic E-state index is 0.0700. The predicted molar refractivity (Wildman–Crippen MR) is 81.4 cm³/mol. The molecule has 2 rings (SSSR count). The standard InChI is InChI=1S/C13H16ClN5O2/c1-4-21-13-18-11(15)17-12(19-13)16-9-5-7(2)8(14)6-10(9)20-3/h5-6H,4H2,1-3H3,(H3,15,16,17,18,19). The van der Waals surface area contributed by atoms with Gasteiger partial charge in [-0.15, -0.1) is 0 Å². The fourth-order valence-corrected chi connectivity index (χ4v) is 1.83. The number of anilines is 3. The largest absolute Gasteiger partial charge is 0.495 e. The molecule has 0 bridgehead atoms. The molecule has 1 aromatic carbocycles. The van der Waals surface area contributed by atoms with Crippen molar-refractivity contribution in [3.8, 4) is 11.8 Å². The zero-order valence-electron chi connectivity index (χ0n) is 12.0. The third-order valence-electron chi connectivity index (χ3n) is 2.63. The second kappa shape index (κ2) is 6.45. The van der Waals surface area contributed by atoms with E-state index in [1.165, 1.54) is 0 Å². The summed E-state index contributed by atoms with van der Waals surface area (Å²) in [5.41, 5.74) is 7.20. The first-order chi connectivity index (χ1) is 10.0. The van der Waals surface area contributed by atoms with E-state index < -0.39 is 0 Å². The summed E-state index contributed by atoms with van der Waals surface area (Å²) in [5.74, 6) is 0.911. The summed E-state index contributed by atoms with van der Waals surface area (Å²) in [5, 5.41) is 3.64. The SMILES string of the molecule is CCOc1nc(N)nc(Nc2cc(C)c(Cl)cc2OC)n1. The molecule has 0 saturated carbocycles. The van der Waals surface area contributed by atoms with Gasteiger partial charge in [-0.3, -0.25) is 0 Å². The van der Waals surface area contributed by atoms with Crippen molar-refractivity contribution in [1.82, 2.24) is 15.0 Å². The number of methoxy groups -OCH3 is 1. The first-order valence-electron chi connectivity index (χ1n) is 6.29. The van der Waals surface area contributed by atoms with Crippen molar-refractivity contribution in [1.29, 1.82) is 0 Å². The maximum Gasteiger partial charge on any atom is 0.323 e. The first kappa shape index (κ1) is 15.1. The minimum absolute atomic E-state index is 0.0700. The highest BCUT2D eigenvalue weighted by Gasteiger charge is 2.11. The molecule has 0 aliphatic rings. The van der Waals surface area contributed by atoms with Gasteiger partial charge in [0, 0.05) is 11.1 Å². The molecular weight excluding hydrogens is 294 g/mol. The number of aromatic nitrogens is 3. The van der Waals surface area contributed by atoms with Crippen LogP contribution in [0.5, 0.6) is 11.8 Å². The van der Waals surface area contributed by atoms with E-state index in [0.717, 1.165) is 5.56 Å². The molecule has 0 aliphatic carbocycles. The van der Waals surface area contributed by atoms with E-state index in [1.807, 2.05) is 19.9 Å². The molecule has 0 spiro atoms. The molecule has 0 unspecified atom stereocenters. The first-order valence-corrected chi connectivity index (χ1v) is 6.66. The number of rotatable bonds is 5. The topological polar surface area (TPSA) is 95.2 Å². The third kappa shape index (κ3) is 3.63. The molecule has 0 atom stereocenters. The summed E-state index contributed by atoms with van der Waals surface area (Å²) in [4.78, 5) is 12.0. The molecule has 0 radical (unpaired) electrons. The molecule has 0 amide bonds. The monoisotopic (exact) mass is 309 g/mol. The molecule has 2 aromatic rings. The number of hydrogen-bond acceptors (Lipinski definition) is 7. The Bertz CT molecular complexity index is 651. The van der Waals surface area contributed by atoms with Crippen molar-refractivity contribution >= 4 is 29.2 Å². The number of nitrogens with zero attached hydrogens (tertiary/aromatic N) is 3. The number of benzene rings is 1. The summed E-state index contributed by atoms with van der Waals surface area (Å²) in [6, 6.07) is 3.71. The molecule has 7 nitrogen and oxygen atoms in total. The van der Waals surface area contributed by atoms with E-state index in [9.17, 15) is 0 Å². The van der Waals surface area contributed by atoms with Gasteiger partial charge in [-0.2, -0.15) is 15.0 Å². The van der Waals surface area contributed by atoms with Crippen molar-refractivity contribution < 1.29 is 9.47 Å². The van der Waals surface area contributed by atoms with Crippen molar-refractivity contribution in [3.05, 3.63) is 22.7 Å². The molecule has 0 aliphatic heterocycles. The van der Waals surface area contributed by atoms with Gasteiger partial charge in [0.1, 0.15) is 5.75 Å². The number of halogens is 1. The number of nitrogen functional groups attached to an aromatic ring is 1. The second-order valence-corrected chi connectivity index (χ2v) is 4.57. The molecule has 0 fully saturated rings. The third-order valence-corrected chi connectivity index (χ3v) is 3.04. The molecule has 8 heteroatoms. The summed E-state index contributed by atoms with van der Waals surface area (Å²) in [7, 11) is 1.56. The van der Waals surface area contributed by atoms with Gasteiger partial charge in [0.2, 0.25) is 11.9 Å². The highest BCUT2D eigenvalue weighted by molar-refractivity contribution is 6.31. The van der Waals surface area contributed by atoms with Gasteiger partial charge in [0.25, 0.3) is 0 Å². The Kier molecular flexibility index (Phi) is 4.64. The average Bonchev–Trinajstić information content (AvgIpc) is 2.42.